The van der Waals surface area contributed by atoms with Crippen molar-refractivity contribution >= 4 is 34.5 Å². The Kier molecular flexibility index (Phi) is 7.71. The van der Waals surface area contributed by atoms with Gasteiger partial charge in [0.05, 0.1) is 31.1 Å². The van der Waals surface area contributed by atoms with Gasteiger partial charge in [-0.3, -0.25) is 14.5 Å². The van der Waals surface area contributed by atoms with Gasteiger partial charge in [0, 0.05) is 19.3 Å². The minimum Gasteiger partial charge on any atom is -0.467 e. The van der Waals surface area contributed by atoms with Crippen LogP contribution in [0.15, 0.2) is 71.3 Å². The van der Waals surface area contributed by atoms with Crippen molar-refractivity contribution in [3.05, 3.63) is 78.3 Å². The summed E-state index contributed by atoms with van der Waals surface area (Å²) >= 11 is 0. The van der Waals surface area contributed by atoms with E-state index in [-0.39, 0.29) is 18.8 Å². The number of nitrogens with one attached hydrogen (secondary N) is 1. The molecule has 0 saturated heterocycles. The van der Waals surface area contributed by atoms with E-state index in [9.17, 15) is 14.4 Å². The number of carbonyl (C=O) groups is 3. The van der Waals surface area contributed by atoms with Crippen LogP contribution in [0.4, 0.5) is 5.69 Å². The number of benzene rings is 2. The lowest BCUT2D eigenvalue weighted by molar-refractivity contribution is -0.127. The third-order valence-electron chi connectivity index (χ3n) is 5.47. The van der Waals surface area contributed by atoms with Crippen molar-refractivity contribution in [3.8, 4) is 0 Å². The van der Waals surface area contributed by atoms with E-state index < -0.39 is 23.8 Å². The van der Waals surface area contributed by atoms with Crippen LogP contribution in [0.25, 0.3) is 11.0 Å². The van der Waals surface area contributed by atoms with Crippen LogP contribution in [0.5, 0.6) is 0 Å². The quantitative estimate of drug-likeness (QED) is 0.264. The van der Waals surface area contributed by atoms with Gasteiger partial charge in [-0.15, -0.1) is 5.10 Å². The molecule has 4 aromatic rings. The molecule has 11 heteroatoms. The molecule has 0 bridgehead atoms. The average Bonchev–Trinajstić information content (AvgIpc) is 3.57. The maximum absolute atomic E-state index is 13.8. The number of amides is 2. The summed E-state index contributed by atoms with van der Waals surface area (Å²) in [6.07, 6.45) is 1.43. The fourth-order valence-electron chi connectivity index (χ4n) is 3.74. The zero-order valence-electron chi connectivity index (χ0n) is 19.8. The van der Waals surface area contributed by atoms with Crippen molar-refractivity contribution in [1.82, 2.24) is 20.3 Å². The highest BCUT2D eigenvalue weighted by molar-refractivity contribution is 6.01. The Bertz CT molecular complexity index is 1330. The molecule has 0 radical (unpaired) electrons. The van der Waals surface area contributed by atoms with Gasteiger partial charge in [0.15, 0.2) is 6.04 Å². The normalized spacial score (nSPS) is 11.7. The summed E-state index contributed by atoms with van der Waals surface area (Å²) in [5, 5.41) is 11.0. The first kappa shape index (κ1) is 24.6. The molecule has 36 heavy (non-hydrogen) atoms. The number of rotatable bonds is 10. The number of carbonyl (C=O) groups excluding carboxylic acids is 3. The van der Waals surface area contributed by atoms with Crippen LogP contribution in [0.2, 0.25) is 0 Å². The van der Waals surface area contributed by atoms with Crippen LogP contribution in [-0.2, 0) is 25.6 Å². The number of anilines is 1. The predicted octanol–water partition coefficient (Wildman–Crippen LogP) is 2.35. The molecule has 0 spiro atoms. The molecule has 1 atom stereocenters. The van der Waals surface area contributed by atoms with Gasteiger partial charge in [0.2, 0.25) is 5.91 Å². The first-order chi connectivity index (χ1) is 17.5. The molecule has 0 aliphatic heterocycles. The van der Waals surface area contributed by atoms with Crippen LogP contribution in [0.1, 0.15) is 22.2 Å². The molecule has 11 nitrogen and oxygen atoms in total. The molecule has 2 amide bonds. The number of fused-ring (bicyclic) bond motifs is 1. The first-order valence-corrected chi connectivity index (χ1v) is 11.1. The molecule has 0 aliphatic rings. The zero-order chi connectivity index (χ0) is 25.5. The summed E-state index contributed by atoms with van der Waals surface area (Å²) in [5.41, 5.74) is 1.99. The van der Waals surface area contributed by atoms with E-state index in [2.05, 4.69) is 15.6 Å². The average molecular weight is 492 g/mol. The lowest BCUT2D eigenvalue weighted by Gasteiger charge is -2.30. The van der Waals surface area contributed by atoms with Gasteiger partial charge >= 0.3 is 5.97 Å². The molecule has 1 N–H and O–H groups in total. The molecule has 0 aliphatic carbocycles. The second-order valence-corrected chi connectivity index (χ2v) is 7.74. The Morgan fingerprint density at radius 3 is 2.53 bits per heavy atom. The molecule has 0 unspecified atom stereocenters. The minimum atomic E-state index is -1.14. The van der Waals surface area contributed by atoms with E-state index >= 15 is 0 Å². The highest BCUT2D eigenvalue weighted by atomic mass is 16.5. The van der Waals surface area contributed by atoms with Crippen molar-refractivity contribution in [2.45, 2.75) is 12.6 Å². The Morgan fingerprint density at radius 2 is 1.83 bits per heavy atom. The molecule has 0 fully saturated rings. The molecule has 2 heterocycles. The molecule has 0 saturated carbocycles. The summed E-state index contributed by atoms with van der Waals surface area (Å²) in [4.78, 5) is 40.4. The summed E-state index contributed by atoms with van der Waals surface area (Å²) in [6, 6.07) is 15.6. The van der Waals surface area contributed by atoms with E-state index in [4.69, 9.17) is 13.9 Å². The standard InChI is InChI=1S/C25H25N5O6/c1-34-15-13-26-24(32)23(21-8-5-14-36-21)30(18-11-9-17(10-12-18)25(33)35-2)22(31)16-29-20-7-4-3-6-19(20)27-28-29/h3-12,14,23H,13,15-16H2,1-2H3,(H,26,32)/t23-/m0/s1. The molecule has 186 valence electrons. The van der Waals surface area contributed by atoms with Crippen LogP contribution in [-0.4, -0.2) is 60.1 Å². The van der Waals surface area contributed by atoms with E-state index in [0.29, 0.717) is 28.9 Å². The van der Waals surface area contributed by atoms with Crippen molar-refractivity contribution in [2.24, 2.45) is 0 Å². The number of furan rings is 1. The smallest absolute Gasteiger partial charge is 0.337 e. The number of hydrogen-bond acceptors (Lipinski definition) is 8. The van der Waals surface area contributed by atoms with Crippen LogP contribution >= 0.6 is 0 Å². The third-order valence-corrected chi connectivity index (χ3v) is 5.47. The lowest BCUT2D eigenvalue weighted by atomic mass is 10.1. The SMILES string of the molecule is COCCNC(=O)[C@H](c1ccco1)N(C(=O)Cn1nnc2ccccc21)c1ccc(C(=O)OC)cc1. The van der Waals surface area contributed by atoms with Gasteiger partial charge < -0.3 is 19.2 Å². The van der Waals surface area contributed by atoms with Gasteiger partial charge in [-0.05, 0) is 48.5 Å². The Morgan fingerprint density at radius 1 is 1.06 bits per heavy atom. The second-order valence-electron chi connectivity index (χ2n) is 7.74. The highest BCUT2D eigenvalue weighted by Gasteiger charge is 2.35. The maximum atomic E-state index is 13.8. The molecule has 2 aromatic heterocycles. The van der Waals surface area contributed by atoms with Crippen LogP contribution < -0.4 is 10.2 Å². The lowest BCUT2D eigenvalue weighted by Crippen LogP contribution is -2.45. The van der Waals surface area contributed by atoms with Crippen LogP contribution in [0, 0.1) is 0 Å². The van der Waals surface area contributed by atoms with Gasteiger partial charge in [0.25, 0.3) is 5.91 Å². The Balaban J connectivity index is 1.74. The number of methoxy groups -OCH3 is 2. The van der Waals surface area contributed by atoms with E-state index in [1.54, 1.807) is 36.4 Å². The minimum absolute atomic E-state index is 0.193. The summed E-state index contributed by atoms with van der Waals surface area (Å²) in [5.74, 6) is -1.16. The van der Waals surface area contributed by atoms with Gasteiger partial charge in [-0.2, -0.15) is 0 Å². The van der Waals surface area contributed by atoms with Gasteiger partial charge in [0.1, 0.15) is 17.8 Å². The fourth-order valence-corrected chi connectivity index (χ4v) is 3.74. The van der Waals surface area contributed by atoms with E-state index in [1.807, 2.05) is 12.1 Å². The van der Waals surface area contributed by atoms with Crippen molar-refractivity contribution in [2.75, 3.05) is 32.3 Å². The third kappa shape index (κ3) is 5.26. The Hall–Kier alpha value is -4.51. The van der Waals surface area contributed by atoms with Gasteiger partial charge in [-0.1, -0.05) is 17.3 Å². The highest BCUT2D eigenvalue weighted by Crippen LogP contribution is 2.29. The number of hydrogen-bond donors (Lipinski definition) is 1. The van der Waals surface area contributed by atoms with Crippen LogP contribution in [0.3, 0.4) is 0 Å². The van der Waals surface area contributed by atoms with E-state index in [0.717, 1.165) is 0 Å². The molecular formula is C25H25N5O6. The first-order valence-electron chi connectivity index (χ1n) is 11.1. The number of ether oxygens (including phenoxy) is 2. The summed E-state index contributed by atoms with van der Waals surface area (Å²) in [6.45, 7) is 0.342. The topological polar surface area (TPSA) is 129 Å². The molecular weight excluding hydrogens is 466 g/mol. The molecule has 4 rings (SSSR count). The Labute approximate surface area is 206 Å². The maximum Gasteiger partial charge on any atom is 0.337 e. The fraction of sp³-hybridized carbons (Fsp3) is 0.240. The summed E-state index contributed by atoms with van der Waals surface area (Å²) < 4.78 is 16.8. The largest absolute Gasteiger partial charge is 0.467 e. The van der Waals surface area contributed by atoms with Crippen molar-refractivity contribution in [1.29, 1.82) is 0 Å². The second kappa shape index (κ2) is 11.3. The number of esters is 1. The van der Waals surface area contributed by atoms with Gasteiger partial charge in [-0.25, -0.2) is 9.48 Å². The molecule has 2 aromatic carbocycles. The van der Waals surface area contributed by atoms with Crippen molar-refractivity contribution < 1.29 is 28.3 Å². The predicted molar refractivity (Wildman–Crippen MR) is 129 cm³/mol. The monoisotopic (exact) mass is 491 g/mol. The van der Waals surface area contributed by atoms with E-state index in [1.165, 1.54) is 42.2 Å². The zero-order valence-corrected chi connectivity index (χ0v) is 19.8. The number of para-hydroxylation sites is 1. The van der Waals surface area contributed by atoms with Crippen molar-refractivity contribution in [3.63, 3.8) is 0 Å². The number of aromatic nitrogens is 3. The number of nitrogens with zero attached hydrogens (tertiary/aromatic N) is 4. The summed E-state index contributed by atoms with van der Waals surface area (Å²) in [7, 11) is 2.81.